The number of aromatic amines is 1. The molecule has 7 nitrogen and oxygen atoms in total. The van der Waals surface area contributed by atoms with Gasteiger partial charge in [-0.15, -0.1) is 0 Å². The van der Waals surface area contributed by atoms with Crippen molar-refractivity contribution >= 4 is 22.7 Å². The normalized spacial score (nSPS) is 16.7. The SMILES string of the molecule is NC(=O)C1(CNC(=O)c2cc3ccccc3[nH]c2=O)CCOCC1. The van der Waals surface area contributed by atoms with Crippen LogP contribution >= 0.6 is 0 Å². The number of nitrogens with two attached hydrogens (primary N) is 1. The standard InChI is InChI=1S/C17H19N3O4/c18-16(23)17(5-7-24-8-6-17)10-19-14(21)12-9-11-3-1-2-4-13(11)20-15(12)22/h1-4,9H,5-8,10H2,(H2,18,23)(H,19,21)(H,20,22). The van der Waals surface area contributed by atoms with Crippen LogP contribution in [0.4, 0.5) is 0 Å². The molecule has 24 heavy (non-hydrogen) atoms. The van der Waals surface area contributed by atoms with Crippen LogP contribution in [0.3, 0.4) is 0 Å². The summed E-state index contributed by atoms with van der Waals surface area (Å²) in [6.45, 7) is 0.946. The van der Waals surface area contributed by atoms with E-state index < -0.39 is 22.8 Å². The highest BCUT2D eigenvalue weighted by Gasteiger charge is 2.38. The highest BCUT2D eigenvalue weighted by atomic mass is 16.5. The van der Waals surface area contributed by atoms with Gasteiger partial charge in [0.1, 0.15) is 5.56 Å². The molecule has 0 atom stereocenters. The molecule has 1 fully saturated rings. The summed E-state index contributed by atoms with van der Waals surface area (Å²) in [4.78, 5) is 39.0. The Morgan fingerprint density at radius 2 is 1.96 bits per heavy atom. The fourth-order valence-electron chi connectivity index (χ4n) is 2.93. The second kappa shape index (κ2) is 6.45. The minimum atomic E-state index is -0.822. The van der Waals surface area contributed by atoms with E-state index in [0.29, 0.717) is 31.6 Å². The summed E-state index contributed by atoms with van der Waals surface area (Å²) in [5, 5.41) is 3.44. The van der Waals surface area contributed by atoms with Crippen molar-refractivity contribution in [2.24, 2.45) is 11.1 Å². The van der Waals surface area contributed by atoms with Gasteiger partial charge in [0.15, 0.2) is 0 Å². The van der Waals surface area contributed by atoms with Gasteiger partial charge >= 0.3 is 0 Å². The molecule has 1 aromatic heterocycles. The van der Waals surface area contributed by atoms with Crippen LogP contribution in [0, 0.1) is 5.41 Å². The van der Waals surface area contributed by atoms with Crippen molar-refractivity contribution in [3.63, 3.8) is 0 Å². The molecule has 2 aromatic rings. The Kier molecular flexibility index (Phi) is 4.35. The number of ether oxygens (including phenoxy) is 1. The number of carbonyl (C=O) groups is 2. The van der Waals surface area contributed by atoms with Crippen molar-refractivity contribution in [1.29, 1.82) is 0 Å². The molecule has 0 bridgehead atoms. The quantitative estimate of drug-likeness (QED) is 0.759. The molecule has 2 heterocycles. The number of nitrogens with one attached hydrogen (secondary N) is 2. The summed E-state index contributed by atoms with van der Waals surface area (Å²) in [5.41, 5.74) is 4.91. The number of pyridine rings is 1. The van der Waals surface area contributed by atoms with Crippen molar-refractivity contribution in [2.75, 3.05) is 19.8 Å². The molecule has 2 amide bonds. The molecule has 0 unspecified atom stereocenters. The van der Waals surface area contributed by atoms with Crippen LogP contribution < -0.4 is 16.6 Å². The van der Waals surface area contributed by atoms with Crippen LogP contribution in [0.5, 0.6) is 0 Å². The second-order valence-electron chi connectivity index (χ2n) is 6.04. The van der Waals surface area contributed by atoms with Crippen molar-refractivity contribution in [3.8, 4) is 0 Å². The first kappa shape index (κ1) is 16.2. The number of H-pyrrole nitrogens is 1. The molecule has 3 rings (SSSR count). The maximum Gasteiger partial charge on any atom is 0.261 e. The Bertz CT molecular complexity index is 837. The minimum absolute atomic E-state index is 0.0142. The maximum absolute atomic E-state index is 12.4. The van der Waals surface area contributed by atoms with Gasteiger partial charge in [-0.3, -0.25) is 14.4 Å². The number of fused-ring (bicyclic) bond motifs is 1. The number of para-hydroxylation sites is 1. The first-order valence-electron chi connectivity index (χ1n) is 7.80. The summed E-state index contributed by atoms with van der Waals surface area (Å²) < 4.78 is 5.26. The molecule has 1 aliphatic rings. The van der Waals surface area contributed by atoms with E-state index >= 15 is 0 Å². The van der Waals surface area contributed by atoms with Gasteiger partial charge in [0.05, 0.1) is 5.41 Å². The fraction of sp³-hybridized carbons (Fsp3) is 0.353. The van der Waals surface area contributed by atoms with Crippen LogP contribution in [0.25, 0.3) is 10.9 Å². The lowest BCUT2D eigenvalue weighted by Crippen LogP contribution is -2.50. The number of rotatable bonds is 4. The van der Waals surface area contributed by atoms with Crippen LogP contribution in [-0.2, 0) is 9.53 Å². The molecule has 126 valence electrons. The molecule has 1 saturated heterocycles. The second-order valence-corrected chi connectivity index (χ2v) is 6.04. The molecular formula is C17H19N3O4. The minimum Gasteiger partial charge on any atom is -0.381 e. The number of benzene rings is 1. The summed E-state index contributed by atoms with van der Waals surface area (Å²) in [6, 6.07) is 8.75. The average Bonchev–Trinajstić information content (AvgIpc) is 2.59. The molecule has 1 aliphatic heterocycles. The number of carbonyl (C=O) groups excluding carboxylic acids is 2. The van der Waals surface area contributed by atoms with Gasteiger partial charge in [-0.1, -0.05) is 18.2 Å². The summed E-state index contributed by atoms with van der Waals surface area (Å²) in [6.07, 6.45) is 0.910. The van der Waals surface area contributed by atoms with Gasteiger partial charge in [0.25, 0.3) is 11.5 Å². The topological polar surface area (TPSA) is 114 Å². The lowest BCUT2D eigenvalue weighted by Gasteiger charge is -2.34. The third-order valence-corrected chi connectivity index (χ3v) is 4.56. The van der Waals surface area contributed by atoms with Crippen molar-refractivity contribution in [2.45, 2.75) is 12.8 Å². The van der Waals surface area contributed by atoms with E-state index in [9.17, 15) is 14.4 Å². The monoisotopic (exact) mass is 329 g/mol. The van der Waals surface area contributed by atoms with Crippen molar-refractivity contribution in [3.05, 3.63) is 46.2 Å². The molecular weight excluding hydrogens is 310 g/mol. The largest absolute Gasteiger partial charge is 0.381 e. The third kappa shape index (κ3) is 3.03. The average molecular weight is 329 g/mol. The zero-order valence-electron chi connectivity index (χ0n) is 13.1. The first-order chi connectivity index (χ1) is 11.5. The smallest absolute Gasteiger partial charge is 0.261 e. The van der Waals surface area contributed by atoms with Crippen LogP contribution in [0.1, 0.15) is 23.2 Å². The van der Waals surface area contributed by atoms with Gasteiger partial charge in [-0.05, 0) is 30.4 Å². The van der Waals surface area contributed by atoms with Crippen LogP contribution in [0.2, 0.25) is 0 Å². The number of hydrogen-bond acceptors (Lipinski definition) is 4. The predicted molar refractivity (Wildman–Crippen MR) is 88.6 cm³/mol. The van der Waals surface area contributed by atoms with Crippen LogP contribution in [0.15, 0.2) is 35.1 Å². The van der Waals surface area contributed by atoms with E-state index in [0.717, 1.165) is 5.39 Å². The Morgan fingerprint density at radius 1 is 1.25 bits per heavy atom. The number of hydrogen-bond donors (Lipinski definition) is 3. The van der Waals surface area contributed by atoms with Crippen LogP contribution in [-0.4, -0.2) is 36.6 Å². The van der Waals surface area contributed by atoms with E-state index in [1.165, 1.54) is 0 Å². The Hall–Kier alpha value is -2.67. The molecule has 0 saturated carbocycles. The highest BCUT2D eigenvalue weighted by molar-refractivity contribution is 5.97. The molecule has 7 heteroatoms. The van der Waals surface area contributed by atoms with E-state index in [1.807, 2.05) is 12.1 Å². The summed E-state index contributed by atoms with van der Waals surface area (Å²) in [7, 11) is 0. The maximum atomic E-state index is 12.4. The van der Waals surface area contributed by atoms with Gasteiger partial charge < -0.3 is 20.8 Å². The van der Waals surface area contributed by atoms with Crippen molar-refractivity contribution < 1.29 is 14.3 Å². The van der Waals surface area contributed by atoms with Gasteiger partial charge in [-0.25, -0.2) is 0 Å². The van der Waals surface area contributed by atoms with Gasteiger partial charge in [0.2, 0.25) is 5.91 Å². The van der Waals surface area contributed by atoms with E-state index in [2.05, 4.69) is 10.3 Å². The molecule has 1 aromatic carbocycles. The summed E-state index contributed by atoms with van der Waals surface area (Å²) in [5.74, 6) is -0.979. The number of amides is 2. The number of primary amides is 1. The van der Waals surface area contributed by atoms with Gasteiger partial charge in [-0.2, -0.15) is 0 Å². The molecule has 4 N–H and O–H groups in total. The fourth-order valence-corrected chi connectivity index (χ4v) is 2.93. The zero-order valence-corrected chi connectivity index (χ0v) is 13.1. The number of aromatic nitrogens is 1. The third-order valence-electron chi connectivity index (χ3n) is 4.56. The molecule has 0 aliphatic carbocycles. The zero-order chi connectivity index (χ0) is 17.2. The Labute approximate surface area is 138 Å². The predicted octanol–water partition coefficient (Wildman–Crippen LogP) is 0.540. The van der Waals surface area contributed by atoms with E-state index in [1.54, 1.807) is 18.2 Å². The lowest BCUT2D eigenvalue weighted by molar-refractivity contribution is -0.132. The highest BCUT2D eigenvalue weighted by Crippen LogP contribution is 2.29. The van der Waals surface area contributed by atoms with Crippen molar-refractivity contribution in [1.82, 2.24) is 10.3 Å². The first-order valence-corrected chi connectivity index (χ1v) is 7.80. The molecule has 0 spiro atoms. The Balaban J connectivity index is 1.81. The van der Waals surface area contributed by atoms with E-state index in [-0.39, 0.29) is 12.1 Å². The van der Waals surface area contributed by atoms with Gasteiger partial charge in [0, 0.05) is 25.3 Å². The Morgan fingerprint density at radius 3 is 2.67 bits per heavy atom. The lowest BCUT2D eigenvalue weighted by atomic mass is 9.79. The molecule has 0 radical (unpaired) electrons. The summed E-state index contributed by atoms with van der Waals surface area (Å²) >= 11 is 0. The van der Waals surface area contributed by atoms with E-state index in [4.69, 9.17) is 10.5 Å².